The zero-order valence-corrected chi connectivity index (χ0v) is 12.1. The maximum absolute atomic E-state index is 12.1. The molecule has 0 bridgehead atoms. The van der Waals surface area contributed by atoms with Crippen LogP contribution in [0.4, 0.5) is 0 Å². The number of carbonyl (C=O) groups is 1. The fourth-order valence-electron chi connectivity index (χ4n) is 2.46. The van der Waals surface area contributed by atoms with Gasteiger partial charge in [0.2, 0.25) is 5.91 Å². The van der Waals surface area contributed by atoms with Crippen LogP contribution >= 0.6 is 0 Å². The minimum atomic E-state index is -0.0115. The quantitative estimate of drug-likeness (QED) is 0.866. The predicted molar refractivity (Wildman–Crippen MR) is 77.8 cm³/mol. The summed E-state index contributed by atoms with van der Waals surface area (Å²) < 4.78 is 5.61. The summed E-state index contributed by atoms with van der Waals surface area (Å²) >= 11 is 0. The Bertz CT molecular complexity index is 461. The second kappa shape index (κ2) is 6.75. The molecule has 4 heteroatoms. The number of aliphatic hydroxyl groups excluding tert-OH is 1. The van der Waals surface area contributed by atoms with Crippen LogP contribution in [0.2, 0.25) is 0 Å². The van der Waals surface area contributed by atoms with E-state index in [1.54, 1.807) is 0 Å². The van der Waals surface area contributed by atoms with Crippen molar-refractivity contribution in [3.8, 4) is 5.75 Å². The number of nitrogens with one attached hydrogen (secondary N) is 1. The molecule has 0 aromatic heterocycles. The van der Waals surface area contributed by atoms with Crippen molar-refractivity contribution in [1.82, 2.24) is 5.32 Å². The first kappa shape index (κ1) is 14.9. The molecular formula is C16H23NO3. The van der Waals surface area contributed by atoms with Gasteiger partial charge in [0.25, 0.3) is 0 Å². The molecule has 1 aliphatic rings. The topological polar surface area (TPSA) is 58.6 Å². The van der Waals surface area contributed by atoms with Crippen molar-refractivity contribution in [2.75, 3.05) is 13.2 Å². The monoisotopic (exact) mass is 277 g/mol. The molecule has 2 rings (SSSR count). The molecule has 2 N–H and O–H groups in total. The number of benzene rings is 1. The van der Waals surface area contributed by atoms with Crippen LogP contribution in [0.25, 0.3) is 0 Å². The molecule has 1 heterocycles. The summed E-state index contributed by atoms with van der Waals surface area (Å²) in [4.78, 5) is 12.1. The zero-order valence-electron chi connectivity index (χ0n) is 12.1. The van der Waals surface area contributed by atoms with E-state index in [-0.39, 0.29) is 30.4 Å². The zero-order chi connectivity index (χ0) is 14.5. The van der Waals surface area contributed by atoms with Crippen LogP contribution in [0.3, 0.4) is 0 Å². The predicted octanol–water partition coefficient (Wildman–Crippen LogP) is 2.08. The van der Waals surface area contributed by atoms with Crippen molar-refractivity contribution >= 4 is 5.91 Å². The Balaban J connectivity index is 1.96. The Hall–Kier alpha value is -1.55. The van der Waals surface area contributed by atoms with E-state index in [4.69, 9.17) is 9.84 Å². The molecule has 0 spiro atoms. The summed E-state index contributed by atoms with van der Waals surface area (Å²) in [5.41, 5.74) is 1.12. The Morgan fingerprint density at radius 1 is 1.45 bits per heavy atom. The summed E-state index contributed by atoms with van der Waals surface area (Å²) in [5, 5.41) is 12.1. The second-order valence-electron chi connectivity index (χ2n) is 5.59. The van der Waals surface area contributed by atoms with Gasteiger partial charge in [-0.05, 0) is 36.8 Å². The smallest absolute Gasteiger partial charge is 0.220 e. The number of aliphatic hydroxyl groups is 1. The van der Waals surface area contributed by atoms with Crippen molar-refractivity contribution in [3.05, 3.63) is 29.8 Å². The molecule has 1 amide bonds. The minimum Gasteiger partial charge on any atom is -0.493 e. The van der Waals surface area contributed by atoms with Crippen LogP contribution in [0.1, 0.15) is 38.2 Å². The van der Waals surface area contributed by atoms with E-state index in [0.717, 1.165) is 17.7 Å². The van der Waals surface area contributed by atoms with Crippen LogP contribution in [0.15, 0.2) is 24.3 Å². The van der Waals surface area contributed by atoms with Gasteiger partial charge in [-0.25, -0.2) is 0 Å². The average molecular weight is 277 g/mol. The summed E-state index contributed by atoms with van der Waals surface area (Å²) in [6.07, 6.45) is 1.34. The van der Waals surface area contributed by atoms with Gasteiger partial charge in [0.1, 0.15) is 5.75 Å². The van der Waals surface area contributed by atoms with E-state index in [2.05, 4.69) is 5.32 Å². The molecule has 0 aliphatic carbocycles. The van der Waals surface area contributed by atoms with E-state index < -0.39 is 0 Å². The highest BCUT2D eigenvalue weighted by molar-refractivity contribution is 5.77. The van der Waals surface area contributed by atoms with E-state index in [1.807, 2.05) is 38.1 Å². The fourth-order valence-corrected chi connectivity index (χ4v) is 2.46. The first-order valence-corrected chi connectivity index (χ1v) is 7.23. The van der Waals surface area contributed by atoms with E-state index in [0.29, 0.717) is 13.0 Å². The number of hydrogen-bond donors (Lipinski definition) is 2. The molecule has 1 aromatic rings. The van der Waals surface area contributed by atoms with Crippen molar-refractivity contribution in [1.29, 1.82) is 0 Å². The van der Waals surface area contributed by atoms with Crippen LogP contribution < -0.4 is 10.1 Å². The molecule has 1 aliphatic heterocycles. The van der Waals surface area contributed by atoms with Crippen LogP contribution in [0, 0.1) is 5.92 Å². The van der Waals surface area contributed by atoms with Gasteiger partial charge in [-0.15, -0.1) is 0 Å². The lowest BCUT2D eigenvalue weighted by molar-refractivity contribution is -0.122. The van der Waals surface area contributed by atoms with Gasteiger partial charge in [0.05, 0.1) is 6.61 Å². The number of ether oxygens (including phenoxy) is 1. The highest BCUT2D eigenvalue weighted by Gasteiger charge is 2.24. The van der Waals surface area contributed by atoms with Gasteiger partial charge in [0.15, 0.2) is 0 Å². The number of carbonyl (C=O) groups excluding carboxylic acids is 1. The lowest BCUT2D eigenvalue weighted by Crippen LogP contribution is -2.39. The van der Waals surface area contributed by atoms with Crippen LogP contribution in [0.5, 0.6) is 5.75 Å². The van der Waals surface area contributed by atoms with Crippen LogP contribution in [-0.2, 0) is 4.79 Å². The minimum absolute atomic E-state index is 0.0115. The third-order valence-electron chi connectivity index (χ3n) is 4.04. The van der Waals surface area contributed by atoms with E-state index in [1.165, 1.54) is 0 Å². The third-order valence-corrected chi connectivity index (χ3v) is 4.04. The maximum atomic E-state index is 12.1. The molecule has 110 valence electrons. The van der Waals surface area contributed by atoms with Gasteiger partial charge < -0.3 is 15.2 Å². The van der Waals surface area contributed by atoms with Gasteiger partial charge in [0, 0.05) is 19.1 Å². The van der Waals surface area contributed by atoms with Crippen molar-refractivity contribution in [3.63, 3.8) is 0 Å². The maximum Gasteiger partial charge on any atom is 0.220 e. The third kappa shape index (κ3) is 3.51. The van der Waals surface area contributed by atoms with Gasteiger partial charge in [-0.1, -0.05) is 25.1 Å². The Labute approximate surface area is 120 Å². The van der Waals surface area contributed by atoms with Gasteiger partial charge in [-0.2, -0.15) is 0 Å². The van der Waals surface area contributed by atoms with Crippen molar-refractivity contribution < 1.29 is 14.6 Å². The number of hydrogen-bond acceptors (Lipinski definition) is 3. The lowest BCUT2D eigenvalue weighted by Gasteiger charge is -2.26. The first-order valence-electron chi connectivity index (χ1n) is 7.23. The van der Waals surface area contributed by atoms with Crippen molar-refractivity contribution in [2.24, 2.45) is 5.92 Å². The van der Waals surface area contributed by atoms with E-state index in [9.17, 15) is 4.79 Å². The average Bonchev–Trinajstić information content (AvgIpc) is 2.46. The normalized spacial score (nSPS) is 20.4. The molecule has 3 atom stereocenters. The first-order chi connectivity index (χ1) is 9.61. The van der Waals surface area contributed by atoms with Crippen molar-refractivity contribution in [2.45, 2.75) is 38.6 Å². The summed E-state index contributed by atoms with van der Waals surface area (Å²) in [5.74, 6) is 1.23. The molecule has 0 radical (unpaired) electrons. The van der Waals surface area contributed by atoms with E-state index >= 15 is 0 Å². The SMILES string of the molecule is CC(CO)C(C)NC(=O)CC1CCOc2ccccc21. The molecule has 0 saturated carbocycles. The largest absolute Gasteiger partial charge is 0.493 e. The number of amides is 1. The Morgan fingerprint density at radius 3 is 2.95 bits per heavy atom. The second-order valence-corrected chi connectivity index (χ2v) is 5.59. The summed E-state index contributed by atoms with van der Waals surface area (Å²) in [7, 11) is 0. The standard InChI is InChI=1S/C16H23NO3/c1-11(10-18)12(2)17-16(19)9-13-7-8-20-15-6-4-3-5-14(13)15/h3-6,11-13,18H,7-10H2,1-2H3,(H,17,19). The lowest BCUT2D eigenvalue weighted by atomic mass is 9.90. The molecule has 1 aromatic carbocycles. The Morgan fingerprint density at radius 2 is 2.20 bits per heavy atom. The molecule has 4 nitrogen and oxygen atoms in total. The highest BCUT2D eigenvalue weighted by atomic mass is 16.5. The molecular weight excluding hydrogens is 254 g/mol. The summed E-state index contributed by atoms with van der Waals surface area (Å²) in [6, 6.07) is 7.91. The molecule has 20 heavy (non-hydrogen) atoms. The van der Waals surface area contributed by atoms with Crippen LogP contribution in [-0.4, -0.2) is 30.3 Å². The molecule has 0 saturated heterocycles. The fraction of sp³-hybridized carbons (Fsp3) is 0.562. The van der Waals surface area contributed by atoms with Gasteiger partial charge in [-0.3, -0.25) is 4.79 Å². The number of rotatable bonds is 5. The number of para-hydroxylation sites is 1. The summed E-state index contributed by atoms with van der Waals surface area (Å²) in [6.45, 7) is 4.60. The number of fused-ring (bicyclic) bond motifs is 1. The van der Waals surface area contributed by atoms with Gasteiger partial charge >= 0.3 is 0 Å². The Kier molecular flexibility index (Phi) is 5.01. The molecule has 0 fully saturated rings. The highest BCUT2D eigenvalue weighted by Crippen LogP contribution is 2.35. The molecule has 3 unspecified atom stereocenters.